The number of alkyl halides is 3. The first-order valence-corrected chi connectivity index (χ1v) is 5.66. The van der Waals surface area contributed by atoms with E-state index in [1.807, 2.05) is 30.3 Å². The van der Waals surface area contributed by atoms with Crippen LogP contribution in [-0.2, 0) is 6.54 Å². The molecule has 1 aromatic carbocycles. The molecule has 0 aliphatic heterocycles. The van der Waals surface area contributed by atoms with Gasteiger partial charge in [0.1, 0.15) is 0 Å². The summed E-state index contributed by atoms with van der Waals surface area (Å²) in [5, 5.41) is 3.77. The van der Waals surface area contributed by atoms with E-state index >= 15 is 0 Å². The van der Waals surface area contributed by atoms with Gasteiger partial charge in [0.05, 0.1) is 11.9 Å². The highest BCUT2D eigenvalue weighted by atomic mass is 19.4. The first-order chi connectivity index (χ1) is 8.56. The molecule has 2 aromatic rings. The van der Waals surface area contributed by atoms with E-state index in [0.717, 1.165) is 16.5 Å². The molecule has 0 unspecified atom stereocenters. The van der Waals surface area contributed by atoms with Crippen molar-refractivity contribution in [2.45, 2.75) is 19.1 Å². The van der Waals surface area contributed by atoms with Gasteiger partial charge < -0.3 is 5.32 Å². The van der Waals surface area contributed by atoms with Crippen LogP contribution in [0.5, 0.6) is 0 Å². The number of pyridine rings is 1. The van der Waals surface area contributed by atoms with Crippen LogP contribution in [0.1, 0.15) is 12.0 Å². The Kier molecular flexibility index (Phi) is 3.81. The lowest BCUT2D eigenvalue weighted by Crippen LogP contribution is -2.21. The number of halogens is 3. The second kappa shape index (κ2) is 5.35. The van der Waals surface area contributed by atoms with Crippen LogP contribution < -0.4 is 5.32 Å². The molecule has 2 nitrogen and oxygen atoms in total. The Hall–Kier alpha value is -1.62. The Bertz CT molecular complexity index is 518. The normalized spacial score (nSPS) is 11.9. The molecule has 0 atom stereocenters. The summed E-state index contributed by atoms with van der Waals surface area (Å²) in [6, 6.07) is 9.40. The maximum atomic E-state index is 12.0. The quantitative estimate of drug-likeness (QED) is 0.847. The van der Waals surface area contributed by atoms with Crippen molar-refractivity contribution < 1.29 is 13.2 Å². The van der Waals surface area contributed by atoms with Gasteiger partial charge in [-0.3, -0.25) is 4.98 Å². The number of fused-ring (bicyclic) bond motifs is 1. The van der Waals surface area contributed by atoms with Crippen LogP contribution in [0.3, 0.4) is 0 Å². The van der Waals surface area contributed by atoms with Gasteiger partial charge in [0.2, 0.25) is 0 Å². The van der Waals surface area contributed by atoms with Gasteiger partial charge in [-0.1, -0.05) is 18.2 Å². The summed E-state index contributed by atoms with van der Waals surface area (Å²) in [5.74, 6) is 0. The predicted molar refractivity (Wildman–Crippen MR) is 64.1 cm³/mol. The molecule has 18 heavy (non-hydrogen) atoms. The summed E-state index contributed by atoms with van der Waals surface area (Å²) < 4.78 is 36.0. The number of nitrogens with one attached hydrogen (secondary N) is 1. The topological polar surface area (TPSA) is 24.9 Å². The molecule has 0 bridgehead atoms. The van der Waals surface area contributed by atoms with Crippen molar-refractivity contribution in [3.05, 3.63) is 42.1 Å². The highest BCUT2D eigenvalue weighted by molar-refractivity contribution is 5.81. The molecular weight excluding hydrogens is 241 g/mol. The molecule has 1 heterocycles. The Balaban J connectivity index is 2.00. The first-order valence-electron chi connectivity index (χ1n) is 5.66. The van der Waals surface area contributed by atoms with E-state index in [1.165, 1.54) is 0 Å². The van der Waals surface area contributed by atoms with E-state index in [1.54, 1.807) is 6.20 Å². The number of para-hydroxylation sites is 1. The molecule has 0 fully saturated rings. The Morgan fingerprint density at radius 3 is 2.67 bits per heavy atom. The Morgan fingerprint density at radius 1 is 1.11 bits per heavy atom. The number of hydrogen-bond donors (Lipinski definition) is 1. The molecule has 0 aliphatic rings. The van der Waals surface area contributed by atoms with Crippen LogP contribution in [0, 0.1) is 0 Å². The van der Waals surface area contributed by atoms with Crippen LogP contribution >= 0.6 is 0 Å². The van der Waals surface area contributed by atoms with Gasteiger partial charge >= 0.3 is 6.18 Å². The lowest BCUT2D eigenvalue weighted by atomic mass is 10.1. The fourth-order valence-corrected chi connectivity index (χ4v) is 1.76. The van der Waals surface area contributed by atoms with Crippen LogP contribution in [0.25, 0.3) is 10.9 Å². The van der Waals surface area contributed by atoms with Gasteiger partial charge in [0.15, 0.2) is 0 Å². The van der Waals surface area contributed by atoms with Crippen molar-refractivity contribution in [2.24, 2.45) is 0 Å². The minimum atomic E-state index is -4.10. The molecule has 0 radical (unpaired) electrons. The smallest absolute Gasteiger partial charge is 0.312 e. The third kappa shape index (κ3) is 3.43. The summed E-state index contributed by atoms with van der Waals surface area (Å²) in [5.41, 5.74) is 1.82. The summed E-state index contributed by atoms with van der Waals surface area (Å²) in [6.07, 6.45) is -3.24. The summed E-state index contributed by atoms with van der Waals surface area (Å²) in [4.78, 5) is 4.20. The van der Waals surface area contributed by atoms with Crippen molar-refractivity contribution in [1.29, 1.82) is 0 Å². The van der Waals surface area contributed by atoms with Gasteiger partial charge in [-0.15, -0.1) is 0 Å². The molecular formula is C13H13F3N2. The first kappa shape index (κ1) is 12.8. The Labute approximate surface area is 103 Å². The zero-order chi connectivity index (χ0) is 13.0. The fourth-order valence-electron chi connectivity index (χ4n) is 1.76. The summed E-state index contributed by atoms with van der Waals surface area (Å²) in [7, 11) is 0. The Morgan fingerprint density at radius 2 is 1.89 bits per heavy atom. The monoisotopic (exact) mass is 254 g/mol. The molecule has 1 aromatic heterocycles. The number of benzene rings is 1. The van der Waals surface area contributed by atoms with Crippen molar-refractivity contribution in [3.63, 3.8) is 0 Å². The summed E-state index contributed by atoms with van der Waals surface area (Å²) in [6.45, 7) is 0.346. The van der Waals surface area contributed by atoms with Crippen LogP contribution in [0.15, 0.2) is 36.5 Å². The number of rotatable bonds is 4. The lowest BCUT2D eigenvalue weighted by molar-refractivity contribution is -0.133. The van der Waals surface area contributed by atoms with Crippen molar-refractivity contribution >= 4 is 10.9 Å². The minimum Gasteiger partial charge on any atom is -0.312 e. The van der Waals surface area contributed by atoms with Crippen LogP contribution in [-0.4, -0.2) is 17.7 Å². The molecule has 96 valence electrons. The van der Waals surface area contributed by atoms with Crippen LogP contribution in [0.4, 0.5) is 13.2 Å². The van der Waals surface area contributed by atoms with E-state index in [9.17, 15) is 13.2 Å². The van der Waals surface area contributed by atoms with E-state index in [0.29, 0.717) is 6.54 Å². The molecule has 0 spiro atoms. The van der Waals surface area contributed by atoms with Crippen molar-refractivity contribution in [1.82, 2.24) is 10.3 Å². The molecule has 5 heteroatoms. The van der Waals surface area contributed by atoms with Gasteiger partial charge in [0, 0.05) is 24.7 Å². The molecule has 2 rings (SSSR count). The SMILES string of the molecule is FC(F)(F)CCNCc1ccnc2ccccc12. The van der Waals surface area contributed by atoms with E-state index < -0.39 is 12.6 Å². The van der Waals surface area contributed by atoms with Crippen molar-refractivity contribution in [2.75, 3.05) is 6.54 Å². The highest BCUT2D eigenvalue weighted by Gasteiger charge is 2.25. The molecule has 0 amide bonds. The molecule has 0 aliphatic carbocycles. The molecule has 0 saturated heterocycles. The van der Waals surface area contributed by atoms with Gasteiger partial charge in [-0.2, -0.15) is 13.2 Å². The number of aromatic nitrogens is 1. The second-order valence-corrected chi connectivity index (χ2v) is 4.03. The van der Waals surface area contributed by atoms with Gasteiger partial charge in [-0.25, -0.2) is 0 Å². The lowest BCUT2D eigenvalue weighted by Gasteiger charge is -2.09. The zero-order valence-corrected chi connectivity index (χ0v) is 9.67. The largest absolute Gasteiger partial charge is 0.390 e. The highest BCUT2D eigenvalue weighted by Crippen LogP contribution is 2.19. The number of hydrogen-bond acceptors (Lipinski definition) is 2. The maximum absolute atomic E-state index is 12.0. The average Bonchev–Trinajstić information content (AvgIpc) is 2.33. The molecule has 1 N–H and O–H groups in total. The average molecular weight is 254 g/mol. The maximum Gasteiger partial charge on any atom is 0.390 e. The van der Waals surface area contributed by atoms with E-state index in [2.05, 4.69) is 10.3 Å². The van der Waals surface area contributed by atoms with Crippen LogP contribution in [0.2, 0.25) is 0 Å². The van der Waals surface area contributed by atoms with E-state index in [-0.39, 0.29) is 6.54 Å². The third-order valence-electron chi connectivity index (χ3n) is 2.64. The summed E-state index contributed by atoms with van der Waals surface area (Å²) >= 11 is 0. The third-order valence-corrected chi connectivity index (χ3v) is 2.64. The molecule has 0 saturated carbocycles. The van der Waals surface area contributed by atoms with Gasteiger partial charge in [-0.05, 0) is 17.7 Å². The number of nitrogens with zero attached hydrogens (tertiary/aromatic N) is 1. The second-order valence-electron chi connectivity index (χ2n) is 4.03. The van der Waals surface area contributed by atoms with Crippen molar-refractivity contribution in [3.8, 4) is 0 Å². The minimum absolute atomic E-state index is 0.0693. The zero-order valence-electron chi connectivity index (χ0n) is 9.67. The van der Waals surface area contributed by atoms with Gasteiger partial charge in [0.25, 0.3) is 0 Å². The predicted octanol–water partition coefficient (Wildman–Crippen LogP) is 3.28. The standard InChI is InChI=1S/C13H13F3N2/c14-13(15,16)6-8-17-9-10-5-7-18-12-4-2-1-3-11(10)12/h1-5,7,17H,6,8-9H2. The fraction of sp³-hybridized carbons (Fsp3) is 0.308. The van der Waals surface area contributed by atoms with E-state index in [4.69, 9.17) is 0 Å².